The third kappa shape index (κ3) is 2.71. The molecule has 19 heavy (non-hydrogen) atoms. The van der Waals surface area contributed by atoms with Gasteiger partial charge in [0.05, 0.1) is 26.9 Å². The van der Waals surface area contributed by atoms with Crippen molar-refractivity contribution in [1.29, 1.82) is 0 Å². The summed E-state index contributed by atoms with van der Waals surface area (Å²) >= 11 is 5.87. The van der Waals surface area contributed by atoms with Gasteiger partial charge in [0, 0.05) is 12.3 Å². The van der Waals surface area contributed by atoms with Crippen LogP contribution in [0.5, 0.6) is 17.2 Å². The lowest BCUT2D eigenvalue weighted by molar-refractivity contribution is 0.349. The fraction of sp³-hybridized carbons (Fsp3) is 0.231. The monoisotopic (exact) mass is 280 g/mol. The van der Waals surface area contributed by atoms with E-state index >= 15 is 0 Å². The molecule has 1 aromatic heterocycles. The normalized spacial score (nSPS) is 10.1. The van der Waals surface area contributed by atoms with E-state index in [1.54, 1.807) is 45.7 Å². The fourth-order valence-corrected chi connectivity index (χ4v) is 1.81. The molecule has 100 valence electrons. The number of hydrogen-bond donors (Lipinski definition) is 0. The molecule has 0 aliphatic rings. The van der Waals surface area contributed by atoms with Gasteiger partial charge in [0.2, 0.25) is 0 Å². The smallest absolute Gasteiger partial charge is 0.164 e. The Morgan fingerprint density at radius 3 is 2.16 bits per heavy atom. The predicted octanol–water partition coefficient (Wildman–Crippen LogP) is 2.82. The number of ether oxygens (including phenoxy) is 3. The van der Waals surface area contributed by atoms with Crippen LogP contribution in [0.2, 0.25) is 5.15 Å². The van der Waals surface area contributed by atoms with Gasteiger partial charge in [0.25, 0.3) is 0 Å². The van der Waals surface area contributed by atoms with Gasteiger partial charge in [0.15, 0.2) is 17.3 Å². The molecular formula is C13H13ClN2O3. The highest BCUT2D eigenvalue weighted by atomic mass is 35.5. The molecule has 0 spiro atoms. The first kappa shape index (κ1) is 13.4. The van der Waals surface area contributed by atoms with Crippen LogP contribution in [0.3, 0.4) is 0 Å². The van der Waals surface area contributed by atoms with Crippen molar-refractivity contribution < 1.29 is 14.2 Å². The number of halogens is 1. The Morgan fingerprint density at radius 2 is 1.58 bits per heavy atom. The molecule has 1 aromatic carbocycles. The number of nitrogens with zero attached hydrogens (tertiary/aromatic N) is 2. The van der Waals surface area contributed by atoms with E-state index in [0.29, 0.717) is 33.8 Å². The molecule has 0 atom stereocenters. The van der Waals surface area contributed by atoms with E-state index in [1.165, 1.54) is 0 Å². The van der Waals surface area contributed by atoms with Crippen LogP contribution < -0.4 is 14.2 Å². The van der Waals surface area contributed by atoms with Crippen molar-refractivity contribution in [2.45, 2.75) is 0 Å². The Kier molecular flexibility index (Phi) is 4.06. The molecule has 0 amide bonds. The van der Waals surface area contributed by atoms with Crippen molar-refractivity contribution in [1.82, 2.24) is 9.97 Å². The van der Waals surface area contributed by atoms with Gasteiger partial charge in [-0.1, -0.05) is 11.6 Å². The lowest BCUT2D eigenvalue weighted by Gasteiger charge is -2.13. The molecule has 0 aliphatic heterocycles. The van der Waals surface area contributed by atoms with Crippen LogP contribution >= 0.6 is 11.6 Å². The number of aromatic nitrogens is 2. The van der Waals surface area contributed by atoms with Crippen LogP contribution in [0.4, 0.5) is 0 Å². The molecule has 2 aromatic rings. The second kappa shape index (κ2) is 5.75. The van der Waals surface area contributed by atoms with E-state index in [1.807, 2.05) is 0 Å². The molecule has 1 heterocycles. The zero-order valence-electron chi connectivity index (χ0n) is 10.8. The molecule has 0 saturated carbocycles. The van der Waals surface area contributed by atoms with E-state index in [9.17, 15) is 0 Å². The first-order valence-electron chi connectivity index (χ1n) is 5.48. The molecule has 0 fully saturated rings. The maximum absolute atomic E-state index is 5.87. The maximum Gasteiger partial charge on any atom is 0.164 e. The zero-order chi connectivity index (χ0) is 13.8. The minimum atomic E-state index is 0.363. The quantitative estimate of drug-likeness (QED) is 0.806. The Morgan fingerprint density at radius 1 is 0.947 bits per heavy atom. The average molecular weight is 281 g/mol. The molecule has 0 aliphatic carbocycles. The molecule has 6 heteroatoms. The Balaban J connectivity index is 2.61. The van der Waals surface area contributed by atoms with E-state index in [4.69, 9.17) is 25.8 Å². The van der Waals surface area contributed by atoms with Gasteiger partial charge in [-0.15, -0.1) is 0 Å². The van der Waals surface area contributed by atoms with Crippen LogP contribution in [0.1, 0.15) is 0 Å². The molecule has 5 nitrogen and oxygen atoms in total. The van der Waals surface area contributed by atoms with E-state index in [-0.39, 0.29) is 0 Å². The van der Waals surface area contributed by atoms with Crippen molar-refractivity contribution in [3.05, 3.63) is 29.5 Å². The van der Waals surface area contributed by atoms with Crippen molar-refractivity contribution in [3.63, 3.8) is 0 Å². The van der Waals surface area contributed by atoms with E-state index in [0.717, 1.165) is 0 Å². The molecular weight excluding hydrogens is 268 g/mol. The summed E-state index contributed by atoms with van der Waals surface area (Å²) in [6.07, 6.45) is 1.58. The standard InChI is InChI=1S/C13H13ClN2O3/c1-17-9-7-11(19-3)10(18-2)6-8(9)13-15-5-4-12(14)16-13/h4-7H,1-3H3. The largest absolute Gasteiger partial charge is 0.496 e. The third-order valence-corrected chi connectivity index (χ3v) is 2.78. The number of hydrogen-bond acceptors (Lipinski definition) is 5. The van der Waals surface area contributed by atoms with Gasteiger partial charge < -0.3 is 14.2 Å². The SMILES string of the molecule is COc1cc(OC)c(-c2nccc(Cl)n2)cc1OC. The Labute approximate surface area is 116 Å². The van der Waals surface area contributed by atoms with Crippen molar-refractivity contribution in [2.75, 3.05) is 21.3 Å². The summed E-state index contributed by atoms with van der Waals surface area (Å²) in [5.41, 5.74) is 0.683. The second-order valence-corrected chi connectivity index (χ2v) is 4.00. The Bertz CT molecular complexity index is 590. The topological polar surface area (TPSA) is 53.5 Å². The number of rotatable bonds is 4. The highest BCUT2D eigenvalue weighted by Gasteiger charge is 2.15. The highest BCUT2D eigenvalue weighted by molar-refractivity contribution is 6.29. The first-order valence-corrected chi connectivity index (χ1v) is 5.86. The summed E-state index contributed by atoms with van der Waals surface area (Å²) < 4.78 is 15.8. The van der Waals surface area contributed by atoms with Gasteiger partial charge >= 0.3 is 0 Å². The number of benzene rings is 1. The summed E-state index contributed by atoms with van der Waals surface area (Å²) in [7, 11) is 4.69. The Hall–Kier alpha value is -2.01. The summed E-state index contributed by atoms with van der Waals surface area (Å²) in [5.74, 6) is 2.19. The minimum absolute atomic E-state index is 0.363. The van der Waals surface area contributed by atoms with E-state index in [2.05, 4.69) is 9.97 Å². The van der Waals surface area contributed by atoms with Crippen LogP contribution in [0.25, 0.3) is 11.4 Å². The van der Waals surface area contributed by atoms with Crippen molar-refractivity contribution >= 4 is 11.6 Å². The summed E-state index contributed by atoms with van der Waals surface area (Å²) in [6, 6.07) is 5.08. The number of methoxy groups -OCH3 is 3. The second-order valence-electron chi connectivity index (χ2n) is 3.61. The predicted molar refractivity (Wildman–Crippen MR) is 72.1 cm³/mol. The van der Waals surface area contributed by atoms with Crippen LogP contribution in [-0.4, -0.2) is 31.3 Å². The summed E-state index contributed by atoms with van der Waals surface area (Å²) in [4.78, 5) is 8.34. The van der Waals surface area contributed by atoms with Gasteiger partial charge in [0.1, 0.15) is 10.9 Å². The van der Waals surface area contributed by atoms with Crippen LogP contribution in [0, 0.1) is 0 Å². The molecule has 0 saturated heterocycles. The molecule has 2 rings (SSSR count). The van der Waals surface area contributed by atoms with Crippen molar-refractivity contribution in [2.24, 2.45) is 0 Å². The van der Waals surface area contributed by atoms with Crippen LogP contribution in [-0.2, 0) is 0 Å². The fourth-order valence-electron chi connectivity index (χ4n) is 1.67. The highest BCUT2D eigenvalue weighted by Crippen LogP contribution is 2.38. The minimum Gasteiger partial charge on any atom is -0.496 e. The van der Waals surface area contributed by atoms with E-state index < -0.39 is 0 Å². The molecule has 0 N–H and O–H groups in total. The molecule has 0 bridgehead atoms. The zero-order valence-corrected chi connectivity index (χ0v) is 11.6. The van der Waals surface area contributed by atoms with Gasteiger partial charge in [-0.25, -0.2) is 9.97 Å². The van der Waals surface area contributed by atoms with Crippen molar-refractivity contribution in [3.8, 4) is 28.6 Å². The molecule has 0 unspecified atom stereocenters. The lowest BCUT2D eigenvalue weighted by atomic mass is 10.1. The maximum atomic E-state index is 5.87. The van der Waals surface area contributed by atoms with Gasteiger partial charge in [-0.05, 0) is 12.1 Å². The lowest BCUT2D eigenvalue weighted by Crippen LogP contribution is -1.97. The average Bonchev–Trinajstić information content (AvgIpc) is 2.45. The van der Waals surface area contributed by atoms with Crippen LogP contribution in [0.15, 0.2) is 24.4 Å². The van der Waals surface area contributed by atoms with Gasteiger partial charge in [-0.2, -0.15) is 0 Å². The molecule has 0 radical (unpaired) electrons. The van der Waals surface area contributed by atoms with Gasteiger partial charge in [-0.3, -0.25) is 0 Å². The first-order chi connectivity index (χ1) is 9.19. The summed E-state index contributed by atoms with van der Waals surface area (Å²) in [5, 5.41) is 0.363. The third-order valence-electron chi connectivity index (χ3n) is 2.57. The summed E-state index contributed by atoms with van der Waals surface area (Å²) in [6.45, 7) is 0.